The molecule has 170 valence electrons. The van der Waals surface area contributed by atoms with Crippen LogP contribution in [0.25, 0.3) is 5.82 Å². The van der Waals surface area contributed by atoms with Crippen molar-refractivity contribution in [1.29, 1.82) is 0 Å². The summed E-state index contributed by atoms with van der Waals surface area (Å²) in [5.74, 6) is -0.00973. The molecule has 0 bridgehead atoms. The van der Waals surface area contributed by atoms with Crippen LogP contribution in [0.4, 0.5) is 13.2 Å². The maximum atomic E-state index is 13.3. The highest BCUT2D eigenvalue weighted by atomic mass is 35.5. The van der Waals surface area contributed by atoms with E-state index in [1.54, 1.807) is 20.0 Å². The Kier molecular flexibility index (Phi) is 5.91. The third-order valence-corrected chi connectivity index (χ3v) is 7.18. The average Bonchev–Trinajstić information content (AvgIpc) is 3.26. The molecule has 0 saturated carbocycles. The quantitative estimate of drug-likeness (QED) is 0.467. The molecular formula is C18H21ClF3N5O3S. The number of hydrogen-bond donors (Lipinski definition) is 0. The summed E-state index contributed by atoms with van der Waals surface area (Å²) in [6.07, 6.45) is 2.65. The Bertz CT molecular complexity index is 1130. The molecule has 0 amide bonds. The Labute approximate surface area is 182 Å². The van der Waals surface area contributed by atoms with Gasteiger partial charge in [0, 0.05) is 19.3 Å². The van der Waals surface area contributed by atoms with Crippen LogP contribution in [0, 0.1) is 12.3 Å². The molecule has 31 heavy (non-hydrogen) atoms. The van der Waals surface area contributed by atoms with Crippen molar-refractivity contribution in [2.45, 2.75) is 37.3 Å². The van der Waals surface area contributed by atoms with Crippen LogP contribution in [0.15, 0.2) is 41.6 Å². The van der Waals surface area contributed by atoms with Crippen LogP contribution >= 0.6 is 11.6 Å². The van der Waals surface area contributed by atoms with Gasteiger partial charge in [0.05, 0.1) is 17.3 Å². The molecule has 0 radical (unpaired) electrons. The van der Waals surface area contributed by atoms with E-state index in [-0.39, 0.29) is 16.6 Å². The Morgan fingerprint density at radius 1 is 1.29 bits per heavy atom. The van der Waals surface area contributed by atoms with Crippen LogP contribution in [0.2, 0.25) is 0 Å². The predicted octanol–water partition coefficient (Wildman–Crippen LogP) is 3.52. The summed E-state index contributed by atoms with van der Waals surface area (Å²) in [5, 5.41) is 8.05. The van der Waals surface area contributed by atoms with Gasteiger partial charge in [-0.15, -0.1) is 5.10 Å². The van der Waals surface area contributed by atoms with Crippen molar-refractivity contribution < 1.29 is 26.3 Å². The fourth-order valence-electron chi connectivity index (χ4n) is 2.63. The number of nitrogens with zero attached hydrogens (tertiary/aromatic N) is 5. The zero-order valence-corrected chi connectivity index (χ0v) is 18.7. The van der Waals surface area contributed by atoms with Crippen LogP contribution in [-0.2, 0) is 17.1 Å². The molecule has 3 rings (SSSR count). The number of rotatable bonds is 6. The molecule has 0 saturated heterocycles. The van der Waals surface area contributed by atoms with E-state index in [0.717, 1.165) is 18.2 Å². The number of allylic oxidation sites excluding steroid dienone is 2. The van der Waals surface area contributed by atoms with Gasteiger partial charge in [0.2, 0.25) is 5.88 Å². The number of aromatic nitrogens is 4. The van der Waals surface area contributed by atoms with Crippen LogP contribution in [0.1, 0.15) is 19.5 Å². The van der Waals surface area contributed by atoms with Crippen molar-refractivity contribution in [3.05, 3.63) is 42.4 Å². The predicted molar refractivity (Wildman–Crippen MR) is 108 cm³/mol. The van der Waals surface area contributed by atoms with Gasteiger partial charge in [-0.3, -0.25) is 4.68 Å². The van der Waals surface area contributed by atoms with E-state index < -0.39 is 33.7 Å². The van der Waals surface area contributed by atoms with Crippen LogP contribution in [-0.4, -0.2) is 50.6 Å². The van der Waals surface area contributed by atoms with Crippen molar-refractivity contribution >= 4 is 27.4 Å². The Morgan fingerprint density at radius 3 is 2.55 bits per heavy atom. The third-order valence-electron chi connectivity index (χ3n) is 4.84. The van der Waals surface area contributed by atoms with Gasteiger partial charge in [-0.25, -0.2) is 17.4 Å². The van der Waals surface area contributed by atoms with Gasteiger partial charge in [-0.05, 0) is 32.9 Å². The standard InChI is InChI=1S/C18H21ClF3N5O3S/c1-12-13(10-23-25(12)4)31(28,29)27-14(19)6-5-7-16(27)26-9-8-15(24-26)30-11-17(2,3)18(20,21)22/h5-10,14H,11H2,1-4H3. The van der Waals surface area contributed by atoms with Crippen LogP contribution < -0.4 is 4.74 Å². The minimum absolute atomic E-state index is 0.0302. The summed E-state index contributed by atoms with van der Waals surface area (Å²) in [6.45, 7) is 2.98. The van der Waals surface area contributed by atoms with E-state index in [0.29, 0.717) is 5.69 Å². The molecule has 1 atom stereocenters. The van der Waals surface area contributed by atoms with Gasteiger partial charge in [0.15, 0.2) is 0 Å². The van der Waals surface area contributed by atoms with Gasteiger partial charge in [0.1, 0.15) is 22.8 Å². The maximum absolute atomic E-state index is 13.3. The molecule has 0 spiro atoms. The van der Waals surface area contributed by atoms with Gasteiger partial charge < -0.3 is 4.74 Å². The lowest BCUT2D eigenvalue weighted by Gasteiger charge is -2.30. The molecule has 0 aromatic carbocycles. The number of alkyl halides is 4. The van der Waals surface area contributed by atoms with E-state index >= 15 is 0 Å². The number of ether oxygens (including phenoxy) is 1. The van der Waals surface area contributed by atoms with E-state index in [1.807, 2.05) is 0 Å². The number of sulfonamides is 1. The van der Waals surface area contributed by atoms with Gasteiger partial charge in [0.25, 0.3) is 10.0 Å². The minimum atomic E-state index is -4.45. The molecule has 3 heterocycles. The van der Waals surface area contributed by atoms with E-state index in [2.05, 4.69) is 10.2 Å². The van der Waals surface area contributed by atoms with Crippen molar-refractivity contribution in [3.63, 3.8) is 0 Å². The zero-order chi connectivity index (χ0) is 23.2. The lowest BCUT2D eigenvalue weighted by atomic mass is 9.94. The first-order valence-corrected chi connectivity index (χ1v) is 10.9. The van der Waals surface area contributed by atoms with Gasteiger partial charge >= 0.3 is 6.18 Å². The summed E-state index contributed by atoms with van der Waals surface area (Å²) in [6, 6.07) is 1.34. The largest absolute Gasteiger partial charge is 0.476 e. The molecule has 0 fully saturated rings. The molecule has 2 aromatic rings. The summed E-state index contributed by atoms with van der Waals surface area (Å²) >= 11 is 6.29. The second kappa shape index (κ2) is 7.90. The fraction of sp³-hybridized carbons (Fsp3) is 0.444. The van der Waals surface area contributed by atoms with Crippen molar-refractivity contribution in [2.75, 3.05) is 6.61 Å². The van der Waals surface area contributed by atoms with E-state index in [4.69, 9.17) is 16.3 Å². The summed E-state index contributed by atoms with van der Waals surface area (Å²) in [4.78, 5) is -0.0302. The molecule has 1 aliphatic rings. The van der Waals surface area contributed by atoms with Gasteiger partial charge in [-0.2, -0.15) is 18.3 Å². The average molecular weight is 480 g/mol. The Hall–Kier alpha value is -2.47. The van der Waals surface area contributed by atoms with Crippen molar-refractivity contribution in [3.8, 4) is 5.88 Å². The second-order valence-corrected chi connectivity index (χ2v) is 9.80. The molecule has 8 nitrogen and oxygen atoms in total. The van der Waals surface area contributed by atoms with Crippen LogP contribution in [0.5, 0.6) is 5.88 Å². The molecular weight excluding hydrogens is 459 g/mol. The van der Waals surface area contributed by atoms with Crippen molar-refractivity contribution in [2.24, 2.45) is 12.5 Å². The van der Waals surface area contributed by atoms with Crippen LogP contribution in [0.3, 0.4) is 0 Å². The Balaban J connectivity index is 1.90. The first-order chi connectivity index (χ1) is 14.3. The lowest BCUT2D eigenvalue weighted by molar-refractivity contribution is -0.219. The SMILES string of the molecule is Cc1c(S(=O)(=O)N2C(n3ccc(OCC(C)(C)C(F)(F)F)n3)=CC=CC2Cl)cnn1C. The summed E-state index contributed by atoms with van der Waals surface area (Å²) in [5.41, 5.74) is -2.73. The second-order valence-electron chi connectivity index (χ2n) is 7.57. The maximum Gasteiger partial charge on any atom is 0.397 e. The highest BCUT2D eigenvalue weighted by Crippen LogP contribution is 2.38. The third kappa shape index (κ3) is 4.31. The first kappa shape index (κ1) is 23.2. The number of halogens is 4. The molecule has 1 unspecified atom stereocenters. The molecule has 0 N–H and O–H groups in total. The molecule has 1 aliphatic heterocycles. The fourth-order valence-corrected chi connectivity index (χ4v) is 4.75. The number of aryl methyl sites for hydroxylation is 1. The van der Waals surface area contributed by atoms with Gasteiger partial charge in [-0.1, -0.05) is 17.7 Å². The molecule has 13 heteroatoms. The normalized spacial score (nSPS) is 17.7. The van der Waals surface area contributed by atoms with E-state index in [9.17, 15) is 21.6 Å². The minimum Gasteiger partial charge on any atom is -0.476 e. The Morgan fingerprint density at radius 2 is 1.97 bits per heavy atom. The lowest BCUT2D eigenvalue weighted by Crippen LogP contribution is -2.38. The highest BCUT2D eigenvalue weighted by Gasteiger charge is 2.48. The monoisotopic (exact) mass is 479 g/mol. The first-order valence-electron chi connectivity index (χ1n) is 9.07. The zero-order valence-electron chi connectivity index (χ0n) is 17.1. The smallest absolute Gasteiger partial charge is 0.397 e. The van der Waals surface area contributed by atoms with Crippen molar-refractivity contribution in [1.82, 2.24) is 23.9 Å². The highest BCUT2D eigenvalue weighted by molar-refractivity contribution is 7.89. The topological polar surface area (TPSA) is 82.2 Å². The summed E-state index contributed by atoms with van der Waals surface area (Å²) < 4.78 is 74.5. The number of hydrogen-bond acceptors (Lipinski definition) is 5. The van der Waals surface area contributed by atoms with E-state index in [1.165, 1.54) is 40.0 Å². The summed E-state index contributed by atoms with van der Waals surface area (Å²) in [7, 11) is -2.51. The molecule has 0 aliphatic carbocycles. The molecule has 2 aromatic heterocycles.